The van der Waals surface area contributed by atoms with E-state index in [9.17, 15) is 0 Å². The fourth-order valence-electron chi connectivity index (χ4n) is 2.82. The second-order valence-electron chi connectivity index (χ2n) is 5.00. The van der Waals surface area contributed by atoms with Crippen molar-refractivity contribution in [1.29, 1.82) is 0 Å². The molecule has 2 nitrogen and oxygen atoms in total. The van der Waals surface area contributed by atoms with Crippen LogP contribution in [0, 0.1) is 5.92 Å². The Morgan fingerprint density at radius 1 is 1.19 bits per heavy atom. The molecule has 1 aliphatic heterocycles. The summed E-state index contributed by atoms with van der Waals surface area (Å²) in [4.78, 5) is 0. The third kappa shape index (κ3) is 3.46. The summed E-state index contributed by atoms with van der Waals surface area (Å²) in [5, 5.41) is 3.68. The summed E-state index contributed by atoms with van der Waals surface area (Å²) < 4.78 is 6.31. The predicted molar refractivity (Wildman–Crippen MR) is 69.7 cm³/mol. The maximum Gasteiger partial charge on any atom is 0.0732 e. The van der Waals surface area contributed by atoms with Crippen molar-refractivity contribution in [3.05, 3.63) is 0 Å². The van der Waals surface area contributed by atoms with E-state index in [1.807, 2.05) is 0 Å². The van der Waals surface area contributed by atoms with Gasteiger partial charge < -0.3 is 10.1 Å². The molecule has 1 heterocycles. The minimum absolute atomic E-state index is 0.439. The minimum atomic E-state index is 0.439. The molecule has 1 rings (SSSR count). The lowest BCUT2D eigenvalue weighted by Crippen LogP contribution is -2.54. The molecule has 0 spiro atoms. The number of hydrogen-bond donors (Lipinski definition) is 1. The van der Waals surface area contributed by atoms with Crippen LogP contribution in [-0.4, -0.2) is 24.8 Å². The predicted octanol–water partition coefficient (Wildman–Crippen LogP) is 3.36. The fraction of sp³-hybridized carbons (Fsp3) is 1.00. The first kappa shape index (κ1) is 14.0. The molecule has 1 fully saturated rings. The lowest BCUT2D eigenvalue weighted by atomic mass is 9.92. The highest BCUT2D eigenvalue weighted by atomic mass is 16.5. The van der Waals surface area contributed by atoms with Crippen molar-refractivity contribution in [2.75, 3.05) is 6.54 Å². The Morgan fingerprint density at radius 3 is 2.38 bits per heavy atom. The molecule has 1 saturated heterocycles. The smallest absolute Gasteiger partial charge is 0.0732 e. The summed E-state index contributed by atoms with van der Waals surface area (Å²) in [5.74, 6) is 0.727. The highest BCUT2D eigenvalue weighted by Crippen LogP contribution is 2.24. The number of hydrogen-bond acceptors (Lipinski definition) is 2. The normalized spacial score (nSPS) is 30.9. The van der Waals surface area contributed by atoms with Gasteiger partial charge in [0.05, 0.1) is 12.2 Å². The summed E-state index contributed by atoms with van der Waals surface area (Å²) in [5.41, 5.74) is 0. The Kier molecular flexibility index (Phi) is 6.37. The summed E-state index contributed by atoms with van der Waals surface area (Å²) in [6.45, 7) is 10.1. The molecule has 96 valence electrons. The molecule has 0 amide bonds. The zero-order chi connectivity index (χ0) is 12.0. The van der Waals surface area contributed by atoms with E-state index in [1.54, 1.807) is 0 Å². The van der Waals surface area contributed by atoms with Crippen molar-refractivity contribution in [3.8, 4) is 0 Å². The lowest BCUT2D eigenvalue weighted by molar-refractivity contribution is -0.0925. The van der Waals surface area contributed by atoms with Crippen LogP contribution in [-0.2, 0) is 4.74 Å². The van der Waals surface area contributed by atoms with E-state index in [0.29, 0.717) is 18.2 Å². The van der Waals surface area contributed by atoms with Gasteiger partial charge in [-0.3, -0.25) is 0 Å². The molecule has 1 N–H and O–H groups in total. The van der Waals surface area contributed by atoms with Crippen LogP contribution in [0.1, 0.15) is 59.8 Å². The summed E-state index contributed by atoms with van der Waals surface area (Å²) in [6.07, 6.45) is 6.95. The van der Waals surface area contributed by atoms with Gasteiger partial charge in [-0.25, -0.2) is 0 Å². The molecule has 3 atom stereocenters. The van der Waals surface area contributed by atoms with Crippen molar-refractivity contribution in [1.82, 2.24) is 5.32 Å². The summed E-state index contributed by atoms with van der Waals surface area (Å²) in [7, 11) is 0. The average molecular weight is 227 g/mol. The van der Waals surface area contributed by atoms with Crippen molar-refractivity contribution >= 4 is 0 Å². The van der Waals surface area contributed by atoms with E-state index >= 15 is 0 Å². The molecule has 0 bridgehead atoms. The zero-order valence-corrected chi connectivity index (χ0v) is 11.5. The molecule has 0 aromatic rings. The number of rotatable bonds is 6. The third-order valence-corrected chi connectivity index (χ3v) is 3.97. The van der Waals surface area contributed by atoms with Crippen LogP contribution < -0.4 is 5.32 Å². The Hall–Kier alpha value is -0.0800. The van der Waals surface area contributed by atoms with Crippen LogP contribution in [0.2, 0.25) is 0 Å². The van der Waals surface area contributed by atoms with Crippen LogP contribution in [0.3, 0.4) is 0 Å². The molecule has 0 aromatic carbocycles. The minimum Gasteiger partial charge on any atom is -0.372 e. The maximum atomic E-state index is 6.31. The monoisotopic (exact) mass is 227 g/mol. The van der Waals surface area contributed by atoms with Crippen molar-refractivity contribution in [3.63, 3.8) is 0 Å². The Bertz CT molecular complexity index is 172. The number of morpholine rings is 1. The second kappa shape index (κ2) is 7.29. The van der Waals surface area contributed by atoms with Gasteiger partial charge in [-0.2, -0.15) is 0 Å². The second-order valence-corrected chi connectivity index (χ2v) is 5.00. The highest BCUT2D eigenvalue weighted by molar-refractivity contribution is 4.86. The van der Waals surface area contributed by atoms with Crippen molar-refractivity contribution in [2.24, 2.45) is 5.92 Å². The molecule has 0 aromatic heterocycles. The van der Waals surface area contributed by atoms with Gasteiger partial charge >= 0.3 is 0 Å². The van der Waals surface area contributed by atoms with Crippen LogP contribution in [0.4, 0.5) is 0 Å². The van der Waals surface area contributed by atoms with Gasteiger partial charge in [0.25, 0.3) is 0 Å². The third-order valence-electron chi connectivity index (χ3n) is 3.97. The van der Waals surface area contributed by atoms with Gasteiger partial charge in [0.2, 0.25) is 0 Å². The molecule has 2 heteroatoms. The molecule has 16 heavy (non-hydrogen) atoms. The van der Waals surface area contributed by atoms with Crippen molar-refractivity contribution < 1.29 is 4.74 Å². The van der Waals surface area contributed by atoms with Crippen molar-refractivity contribution in [2.45, 2.75) is 78.0 Å². The molecule has 3 unspecified atom stereocenters. The van der Waals surface area contributed by atoms with E-state index in [-0.39, 0.29) is 0 Å². The molecular formula is C14H29NO. The fourth-order valence-corrected chi connectivity index (χ4v) is 2.82. The standard InChI is InChI=1S/C14H29NO/c1-5-9-13-12(8-4)15-10-14(16-13)11(6-2)7-3/h11-15H,5-10H2,1-4H3. The molecule has 1 aliphatic rings. The topological polar surface area (TPSA) is 21.3 Å². The zero-order valence-electron chi connectivity index (χ0n) is 11.5. The maximum absolute atomic E-state index is 6.31. The Balaban J connectivity index is 2.53. The summed E-state index contributed by atoms with van der Waals surface area (Å²) >= 11 is 0. The molecule has 0 radical (unpaired) electrons. The average Bonchev–Trinajstić information content (AvgIpc) is 2.31. The SMILES string of the molecule is CCCC1OC(C(CC)CC)CNC1CC. The van der Waals surface area contributed by atoms with Gasteiger partial charge in [-0.05, 0) is 18.8 Å². The lowest BCUT2D eigenvalue weighted by Gasteiger charge is -2.40. The van der Waals surface area contributed by atoms with E-state index in [1.165, 1.54) is 32.1 Å². The largest absolute Gasteiger partial charge is 0.372 e. The highest BCUT2D eigenvalue weighted by Gasteiger charge is 2.31. The molecular weight excluding hydrogens is 198 g/mol. The van der Waals surface area contributed by atoms with E-state index < -0.39 is 0 Å². The van der Waals surface area contributed by atoms with E-state index in [4.69, 9.17) is 4.74 Å². The van der Waals surface area contributed by atoms with Gasteiger partial charge in [-0.1, -0.05) is 47.0 Å². The van der Waals surface area contributed by atoms with Crippen LogP contribution in [0.15, 0.2) is 0 Å². The van der Waals surface area contributed by atoms with Gasteiger partial charge in [0, 0.05) is 12.6 Å². The van der Waals surface area contributed by atoms with Crippen LogP contribution in [0.25, 0.3) is 0 Å². The molecule has 0 saturated carbocycles. The van der Waals surface area contributed by atoms with Gasteiger partial charge in [0.15, 0.2) is 0 Å². The van der Waals surface area contributed by atoms with E-state index in [2.05, 4.69) is 33.0 Å². The number of nitrogens with one attached hydrogen (secondary N) is 1. The first-order chi connectivity index (χ1) is 7.76. The Morgan fingerprint density at radius 2 is 1.88 bits per heavy atom. The van der Waals surface area contributed by atoms with E-state index in [0.717, 1.165) is 12.5 Å². The first-order valence-electron chi connectivity index (χ1n) is 7.15. The van der Waals surface area contributed by atoms with Gasteiger partial charge in [-0.15, -0.1) is 0 Å². The first-order valence-corrected chi connectivity index (χ1v) is 7.15. The van der Waals surface area contributed by atoms with Crippen LogP contribution in [0.5, 0.6) is 0 Å². The summed E-state index contributed by atoms with van der Waals surface area (Å²) in [6, 6.07) is 0.575. The quantitative estimate of drug-likeness (QED) is 0.751. The molecule has 0 aliphatic carbocycles. The van der Waals surface area contributed by atoms with Crippen LogP contribution >= 0.6 is 0 Å². The number of ether oxygens (including phenoxy) is 1. The Labute approximate surface area is 101 Å². The van der Waals surface area contributed by atoms with Gasteiger partial charge in [0.1, 0.15) is 0 Å².